The zero-order chi connectivity index (χ0) is 16.5. The van der Waals surface area contributed by atoms with Crippen LogP contribution in [0.5, 0.6) is 0 Å². The second-order valence-electron chi connectivity index (χ2n) is 6.66. The molecule has 4 heteroatoms. The molecule has 0 aliphatic rings. The Labute approximate surface area is 151 Å². The molecule has 0 aromatic carbocycles. The fraction of sp³-hybridized carbons (Fsp3) is 0.684. The molecule has 3 nitrogen and oxygen atoms in total. The predicted molar refractivity (Wildman–Crippen MR) is 99.6 cm³/mol. The normalized spacial score (nSPS) is 12.1. The van der Waals surface area contributed by atoms with E-state index in [2.05, 4.69) is 53.6 Å². The SMILES string of the molecule is CCCC[C](CCCC)(CCCC)[Sn][c]1cccc2ncnn12. The molecule has 0 fully saturated rings. The van der Waals surface area contributed by atoms with Gasteiger partial charge in [0.15, 0.2) is 0 Å². The summed E-state index contributed by atoms with van der Waals surface area (Å²) >= 11 is -0.740. The van der Waals surface area contributed by atoms with Gasteiger partial charge in [-0.15, -0.1) is 0 Å². The van der Waals surface area contributed by atoms with E-state index in [0.717, 1.165) is 5.65 Å². The maximum absolute atomic E-state index is 4.49. The number of aromatic nitrogens is 3. The Morgan fingerprint density at radius 3 is 2.13 bits per heavy atom. The van der Waals surface area contributed by atoms with Crippen molar-refractivity contribution in [3.8, 4) is 0 Å². The van der Waals surface area contributed by atoms with Crippen molar-refractivity contribution in [3.05, 3.63) is 24.5 Å². The molecule has 0 N–H and O–H groups in total. The molecule has 126 valence electrons. The number of hydrogen-bond acceptors (Lipinski definition) is 2. The summed E-state index contributed by atoms with van der Waals surface area (Å²) in [5, 5.41) is 4.49. The van der Waals surface area contributed by atoms with Gasteiger partial charge in [-0.3, -0.25) is 0 Å². The molecule has 2 aromatic heterocycles. The van der Waals surface area contributed by atoms with Gasteiger partial charge in [-0.25, -0.2) is 0 Å². The summed E-state index contributed by atoms with van der Waals surface area (Å²) in [6, 6.07) is 6.55. The molecule has 0 spiro atoms. The van der Waals surface area contributed by atoms with Crippen LogP contribution in [0.25, 0.3) is 5.65 Å². The van der Waals surface area contributed by atoms with Gasteiger partial charge in [0.1, 0.15) is 0 Å². The van der Waals surface area contributed by atoms with Crippen LogP contribution in [0.2, 0.25) is 3.43 Å². The molecule has 0 saturated heterocycles. The summed E-state index contributed by atoms with van der Waals surface area (Å²) in [4.78, 5) is 4.37. The first-order chi connectivity index (χ1) is 11.2. The number of hydrogen-bond donors (Lipinski definition) is 0. The van der Waals surface area contributed by atoms with E-state index in [4.69, 9.17) is 0 Å². The number of fused-ring (bicyclic) bond motifs is 1. The van der Waals surface area contributed by atoms with Crippen LogP contribution >= 0.6 is 0 Å². The molecule has 0 bridgehead atoms. The second kappa shape index (κ2) is 9.65. The average Bonchev–Trinajstić information content (AvgIpc) is 3.06. The Balaban J connectivity index is 2.27. The van der Waals surface area contributed by atoms with Crippen molar-refractivity contribution in [3.63, 3.8) is 0 Å². The van der Waals surface area contributed by atoms with Gasteiger partial charge < -0.3 is 0 Å². The van der Waals surface area contributed by atoms with E-state index in [1.165, 1.54) is 61.5 Å². The van der Waals surface area contributed by atoms with Crippen LogP contribution in [0.1, 0.15) is 78.6 Å². The third-order valence-electron chi connectivity index (χ3n) is 4.72. The summed E-state index contributed by atoms with van der Waals surface area (Å²) in [6.45, 7) is 6.98. The van der Waals surface area contributed by atoms with Gasteiger partial charge in [-0.05, 0) is 0 Å². The van der Waals surface area contributed by atoms with Crippen LogP contribution in [0, 0.1) is 0 Å². The Morgan fingerprint density at radius 2 is 1.57 bits per heavy atom. The van der Waals surface area contributed by atoms with Crippen molar-refractivity contribution >= 4 is 30.5 Å². The molecule has 23 heavy (non-hydrogen) atoms. The maximum atomic E-state index is 4.49. The molecule has 0 atom stereocenters. The Hall–Kier alpha value is -0.581. The zero-order valence-corrected chi connectivity index (χ0v) is 17.9. The van der Waals surface area contributed by atoms with Crippen molar-refractivity contribution in [2.45, 2.75) is 82.0 Å². The first-order valence-electron chi connectivity index (χ1n) is 9.31. The van der Waals surface area contributed by atoms with E-state index in [9.17, 15) is 0 Å². The van der Waals surface area contributed by atoms with Gasteiger partial charge >= 0.3 is 152 Å². The van der Waals surface area contributed by atoms with Crippen LogP contribution in [-0.4, -0.2) is 35.7 Å². The van der Waals surface area contributed by atoms with Gasteiger partial charge in [-0.1, -0.05) is 0 Å². The van der Waals surface area contributed by atoms with E-state index < -0.39 is 21.1 Å². The number of rotatable bonds is 11. The average molecular weight is 420 g/mol. The van der Waals surface area contributed by atoms with Crippen molar-refractivity contribution in [1.29, 1.82) is 0 Å². The monoisotopic (exact) mass is 421 g/mol. The van der Waals surface area contributed by atoms with Gasteiger partial charge in [-0.2, -0.15) is 0 Å². The third-order valence-corrected chi connectivity index (χ3v) is 10.2. The summed E-state index contributed by atoms with van der Waals surface area (Å²) < 4.78 is 4.21. The minimum absolute atomic E-state index is 0.603. The summed E-state index contributed by atoms with van der Waals surface area (Å²) in [6.07, 6.45) is 14.0. The van der Waals surface area contributed by atoms with Crippen molar-refractivity contribution in [2.75, 3.05) is 0 Å². The summed E-state index contributed by atoms with van der Waals surface area (Å²) in [5.41, 5.74) is 1.01. The quantitative estimate of drug-likeness (QED) is 0.490. The Kier molecular flexibility index (Phi) is 7.87. The number of nitrogens with zero attached hydrogens (tertiary/aromatic N) is 3. The summed E-state index contributed by atoms with van der Waals surface area (Å²) in [7, 11) is 0. The van der Waals surface area contributed by atoms with Crippen molar-refractivity contribution in [2.24, 2.45) is 0 Å². The van der Waals surface area contributed by atoms with Crippen LogP contribution in [0.15, 0.2) is 24.5 Å². The Bertz CT molecular complexity index is 557. The fourth-order valence-electron chi connectivity index (χ4n) is 3.32. The molecule has 0 saturated carbocycles. The summed E-state index contributed by atoms with van der Waals surface area (Å²) in [5.74, 6) is 0. The topological polar surface area (TPSA) is 30.2 Å². The van der Waals surface area contributed by atoms with E-state index in [0.29, 0.717) is 3.43 Å². The number of unbranched alkanes of at least 4 members (excludes halogenated alkanes) is 3. The molecule has 2 rings (SSSR count). The zero-order valence-electron chi connectivity index (χ0n) is 15.0. The molecular formula is C19H31N3Sn. The van der Waals surface area contributed by atoms with Crippen molar-refractivity contribution < 1.29 is 0 Å². The second-order valence-corrected chi connectivity index (χ2v) is 11.9. The molecule has 0 unspecified atom stereocenters. The molecule has 0 aliphatic heterocycles. The molecule has 2 radical (unpaired) electrons. The minimum atomic E-state index is -0.740. The van der Waals surface area contributed by atoms with Crippen LogP contribution in [0.3, 0.4) is 0 Å². The van der Waals surface area contributed by atoms with Crippen LogP contribution < -0.4 is 3.71 Å². The first-order valence-corrected chi connectivity index (χ1v) is 12.2. The van der Waals surface area contributed by atoms with E-state index in [1.807, 2.05) is 0 Å². The van der Waals surface area contributed by atoms with E-state index >= 15 is 0 Å². The van der Waals surface area contributed by atoms with E-state index in [1.54, 1.807) is 6.33 Å². The van der Waals surface area contributed by atoms with E-state index in [-0.39, 0.29) is 0 Å². The fourth-order valence-corrected chi connectivity index (χ4v) is 8.76. The molecule has 2 aromatic rings. The van der Waals surface area contributed by atoms with Gasteiger partial charge in [0.2, 0.25) is 0 Å². The van der Waals surface area contributed by atoms with Crippen molar-refractivity contribution in [1.82, 2.24) is 14.6 Å². The molecule has 2 heterocycles. The molecule has 0 amide bonds. The van der Waals surface area contributed by atoms with Crippen LogP contribution in [0.4, 0.5) is 0 Å². The standard InChI is InChI=1S/C13H27.C6H4N3.Sn/c1-4-7-10-13(11-8-5-2)12-9-6-3;1-2-4-9-6(3-1)7-5-8-9;/h4-12H2,1-3H3;1-3,5H;. The number of pyridine rings is 1. The molecule has 0 aliphatic carbocycles. The molecular weight excluding hydrogens is 389 g/mol. The van der Waals surface area contributed by atoms with Gasteiger partial charge in [0, 0.05) is 0 Å². The predicted octanol–water partition coefficient (Wildman–Crippen LogP) is 4.79. The van der Waals surface area contributed by atoms with Gasteiger partial charge in [0.25, 0.3) is 0 Å². The Morgan fingerprint density at radius 1 is 0.957 bits per heavy atom. The van der Waals surface area contributed by atoms with Gasteiger partial charge in [0.05, 0.1) is 0 Å². The third kappa shape index (κ3) is 5.20. The van der Waals surface area contributed by atoms with Crippen LogP contribution in [-0.2, 0) is 0 Å². The first kappa shape index (κ1) is 18.8.